The Morgan fingerprint density at radius 1 is 1.58 bits per heavy atom. The summed E-state index contributed by atoms with van der Waals surface area (Å²) in [7, 11) is 0. The van der Waals surface area contributed by atoms with E-state index in [1.165, 1.54) is 16.9 Å². The standard InChI is InChI=1S/C14H17N3OS/c1-3-17-5-4-11-9(7-17)6-10-12(15)13(8(2)18)19-14(10)16-11/h6H,3-5,7,15H2,1-2H3. The zero-order valence-electron chi connectivity index (χ0n) is 11.2. The van der Waals surface area contributed by atoms with Crippen LogP contribution in [0.4, 0.5) is 5.69 Å². The number of nitrogens with zero attached hydrogens (tertiary/aromatic N) is 2. The molecule has 1 aliphatic heterocycles. The first-order valence-corrected chi connectivity index (χ1v) is 7.36. The van der Waals surface area contributed by atoms with Crippen molar-refractivity contribution < 1.29 is 4.79 Å². The predicted molar refractivity (Wildman–Crippen MR) is 78.7 cm³/mol. The smallest absolute Gasteiger partial charge is 0.171 e. The number of rotatable bonds is 2. The molecule has 3 heterocycles. The van der Waals surface area contributed by atoms with E-state index < -0.39 is 0 Å². The topological polar surface area (TPSA) is 59.2 Å². The number of carbonyl (C=O) groups excluding carboxylic acids is 1. The van der Waals surface area contributed by atoms with Crippen LogP contribution in [0.5, 0.6) is 0 Å². The van der Waals surface area contributed by atoms with E-state index >= 15 is 0 Å². The maximum absolute atomic E-state index is 11.5. The van der Waals surface area contributed by atoms with Gasteiger partial charge in [-0.3, -0.25) is 9.69 Å². The maximum atomic E-state index is 11.5. The second kappa shape index (κ2) is 4.58. The van der Waals surface area contributed by atoms with Crippen molar-refractivity contribution in [3.8, 4) is 0 Å². The number of ketones is 1. The summed E-state index contributed by atoms with van der Waals surface area (Å²) in [5, 5.41) is 0.937. The lowest BCUT2D eigenvalue weighted by Gasteiger charge is -2.26. The molecule has 2 aromatic rings. The number of thiophene rings is 1. The van der Waals surface area contributed by atoms with Crippen LogP contribution in [0.1, 0.15) is 34.8 Å². The van der Waals surface area contributed by atoms with Gasteiger partial charge in [-0.2, -0.15) is 0 Å². The zero-order chi connectivity index (χ0) is 13.6. The Labute approximate surface area is 116 Å². The number of aromatic nitrogens is 1. The van der Waals surface area contributed by atoms with E-state index in [0.717, 1.165) is 42.0 Å². The summed E-state index contributed by atoms with van der Waals surface area (Å²) in [5.41, 5.74) is 9.08. The molecule has 0 spiro atoms. The number of carbonyl (C=O) groups is 1. The van der Waals surface area contributed by atoms with Gasteiger partial charge in [0.2, 0.25) is 0 Å². The Hall–Kier alpha value is -1.46. The molecule has 5 heteroatoms. The summed E-state index contributed by atoms with van der Waals surface area (Å²) in [6.07, 6.45) is 0.978. The number of hydrogen-bond acceptors (Lipinski definition) is 5. The van der Waals surface area contributed by atoms with Gasteiger partial charge in [0, 0.05) is 37.5 Å². The largest absolute Gasteiger partial charge is 0.397 e. The van der Waals surface area contributed by atoms with E-state index in [1.807, 2.05) is 0 Å². The minimum absolute atomic E-state index is 0.0219. The highest BCUT2D eigenvalue weighted by Crippen LogP contribution is 2.35. The summed E-state index contributed by atoms with van der Waals surface area (Å²) in [4.78, 5) is 20.2. The molecule has 4 nitrogen and oxygen atoms in total. The van der Waals surface area contributed by atoms with Crippen molar-refractivity contribution in [1.82, 2.24) is 9.88 Å². The number of Topliss-reactive ketones (excluding diaryl/α,β-unsaturated/α-hetero) is 1. The van der Waals surface area contributed by atoms with Crippen molar-refractivity contribution >= 4 is 33.0 Å². The Morgan fingerprint density at radius 3 is 3.05 bits per heavy atom. The van der Waals surface area contributed by atoms with Crippen molar-refractivity contribution in [3.63, 3.8) is 0 Å². The molecule has 100 valence electrons. The van der Waals surface area contributed by atoms with E-state index in [9.17, 15) is 4.79 Å². The molecule has 0 amide bonds. The lowest BCUT2D eigenvalue weighted by molar-refractivity contribution is 0.102. The van der Waals surface area contributed by atoms with Gasteiger partial charge in [0.15, 0.2) is 5.78 Å². The maximum Gasteiger partial charge on any atom is 0.171 e. The molecule has 2 N–H and O–H groups in total. The monoisotopic (exact) mass is 275 g/mol. The molecule has 0 aromatic carbocycles. The second-order valence-corrected chi connectivity index (χ2v) is 5.97. The van der Waals surface area contributed by atoms with Crippen LogP contribution in [-0.2, 0) is 13.0 Å². The van der Waals surface area contributed by atoms with Crippen LogP contribution in [0.3, 0.4) is 0 Å². The van der Waals surface area contributed by atoms with Crippen molar-refractivity contribution in [2.24, 2.45) is 0 Å². The van der Waals surface area contributed by atoms with Gasteiger partial charge in [-0.15, -0.1) is 11.3 Å². The summed E-state index contributed by atoms with van der Waals surface area (Å²) in [6.45, 7) is 6.76. The van der Waals surface area contributed by atoms with Crippen molar-refractivity contribution in [3.05, 3.63) is 22.2 Å². The van der Waals surface area contributed by atoms with Crippen LogP contribution < -0.4 is 5.73 Å². The Morgan fingerprint density at radius 2 is 2.37 bits per heavy atom. The zero-order valence-corrected chi connectivity index (χ0v) is 12.0. The third-order valence-electron chi connectivity index (χ3n) is 3.72. The van der Waals surface area contributed by atoms with E-state index in [0.29, 0.717) is 10.6 Å². The van der Waals surface area contributed by atoms with Crippen LogP contribution in [0, 0.1) is 0 Å². The summed E-state index contributed by atoms with van der Waals surface area (Å²) in [6, 6.07) is 2.12. The van der Waals surface area contributed by atoms with Crippen LogP contribution in [0.2, 0.25) is 0 Å². The molecular formula is C14H17N3OS. The van der Waals surface area contributed by atoms with E-state index in [1.54, 1.807) is 6.92 Å². The summed E-state index contributed by atoms with van der Waals surface area (Å²) < 4.78 is 0. The third kappa shape index (κ3) is 2.03. The van der Waals surface area contributed by atoms with Crippen molar-refractivity contribution in [2.75, 3.05) is 18.8 Å². The lowest BCUT2D eigenvalue weighted by atomic mass is 10.0. The highest BCUT2D eigenvalue weighted by atomic mass is 32.1. The van der Waals surface area contributed by atoms with Gasteiger partial charge in [0.05, 0.1) is 10.6 Å². The van der Waals surface area contributed by atoms with Crippen molar-refractivity contribution in [2.45, 2.75) is 26.8 Å². The minimum Gasteiger partial charge on any atom is -0.397 e. The van der Waals surface area contributed by atoms with E-state index in [2.05, 4.69) is 17.9 Å². The second-order valence-electron chi connectivity index (χ2n) is 4.97. The Bertz CT molecular complexity index is 662. The van der Waals surface area contributed by atoms with Gasteiger partial charge in [0.1, 0.15) is 4.83 Å². The fraction of sp³-hybridized carbons (Fsp3) is 0.429. The quantitative estimate of drug-likeness (QED) is 0.855. The molecule has 0 saturated carbocycles. The third-order valence-corrected chi connectivity index (χ3v) is 4.93. The molecule has 0 unspecified atom stereocenters. The number of anilines is 1. The van der Waals surface area contributed by atoms with Crippen LogP contribution in [-0.4, -0.2) is 28.8 Å². The number of likely N-dealkylation sites (N-methyl/N-ethyl adjacent to an activating group) is 1. The Balaban J connectivity index is 2.14. The number of nitrogen functional groups attached to an aromatic ring is 1. The van der Waals surface area contributed by atoms with Crippen LogP contribution >= 0.6 is 11.3 Å². The normalized spacial score (nSPS) is 15.7. The first-order valence-electron chi connectivity index (χ1n) is 6.54. The fourth-order valence-electron chi connectivity index (χ4n) is 2.59. The molecule has 19 heavy (non-hydrogen) atoms. The molecule has 0 aliphatic carbocycles. The van der Waals surface area contributed by atoms with Gasteiger partial charge in [0.25, 0.3) is 0 Å². The highest BCUT2D eigenvalue weighted by Gasteiger charge is 2.20. The molecule has 0 saturated heterocycles. The lowest BCUT2D eigenvalue weighted by Crippen LogP contribution is -2.30. The number of fused-ring (bicyclic) bond motifs is 2. The van der Waals surface area contributed by atoms with Gasteiger partial charge < -0.3 is 5.73 Å². The minimum atomic E-state index is 0.0219. The van der Waals surface area contributed by atoms with Gasteiger partial charge >= 0.3 is 0 Å². The first kappa shape index (κ1) is 12.6. The average Bonchev–Trinajstić information content (AvgIpc) is 2.73. The highest BCUT2D eigenvalue weighted by molar-refractivity contribution is 7.21. The molecule has 3 rings (SSSR count). The Kier molecular flexibility index (Phi) is 3.03. The van der Waals surface area contributed by atoms with Gasteiger partial charge in [-0.25, -0.2) is 4.98 Å². The van der Waals surface area contributed by atoms with Gasteiger partial charge in [-0.05, 0) is 18.2 Å². The molecule has 0 atom stereocenters. The number of nitrogens with two attached hydrogens (primary N) is 1. The molecule has 1 aliphatic rings. The fourth-order valence-corrected chi connectivity index (χ4v) is 3.58. The molecule has 2 aromatic heterocycles. The average molecular weight is 275 g/mol. The molecular weight excluding hydrogens is 258 g/mol. The van der Waals surface area contributed by atoms with E-state index in [-0.39, 0.29) is 5.78 Å². The van der Waals surface area contributed by atoms with Crippen LogP contribution in [0.25, 0.3) is 10.2 Å². The van der Waals surface area contributed by atoms with Gasteiger partial charge in [-0.1, -0.05) is 6.92 Å². The van der Waals surface area contributed by atoms with E-state index in [4.69, 9.17) is 10.7 Å². The summed E-state index contributed by atoms with van der Waals surface area (Å²) >= 11 is 1.41. The SMILES string of the molecule is CCN1CCc2nc3sc(C(C)=O)c(N)c3cc2C1. The molecule has 0 radical (unpaired) electrons. The number of hydrogen-bond donors (Lipinski definition) is 1. The van der Waals surface area contributed by atoms with Crippen LogP contribution in [0.15, 0.2) is 6.07 Å². The molecule has 0 fully saturated rings. The molecule has 0 bridgehead atoms. The predicted octanol–water partition coefficient (Wildman–Crippen LogP) is 2.46. The van der Waals surface area contributed by atoms with Crippen molar-refractivity contribution in [1.29, 1.82) is 0 Å². The first-order chi connectivity index (χ1) is 9.10. The number of pyridine rings is 1. The summed E-state index contributed by atoms with van der Waals surface area (Å²) in [5.74, 6) is 0.0219.